The van der Waals surface area contributed by atoms with Crippen molar-refractivity contribution in [2.45, 2.75) is 32.3 Å². The third kappa shape index (κ3) is 8.88. The molecule has 28 heavy (non-hydrogen) atoms. The van der Waals surface area contributed by atoms with E-state index in [0.29, 0.717) is 6.54 Å². The molecule has 1 atom stereocenters. The number of pyridine rings is 1. The molecule has 2 aromatic rings. The first-order valence-corrected chi connectivity index (χ1v) is 9.57. The van der Waals surface area contributed by atoms with Gasteiger partial charge in [-0.15, -0.1) is 24.0 Å². The van der Waals surface area contributed by atoms with Crippen LogP contribution in [0, 0.1) is 0 Å². The SMILES string of the molecule is CCNC(=NCC(C)(O)c1ccccc1)NCCCCNc1ccccn1.I. The van der Waals surface area contributed by atoms with Crippen LogP contribution in [0.2, 0.25) is 0 Å². The van der Waals surface area contributed by atoms with Gasteiger partial charge in [0, 0.05) is 25.8 Å². The number of hydrogen-bond acceptors (Lipinski definition) is 4. The van der Waals surface area contributed by atoms with E-state index in [4.69, 9.17) is 0 Å². The Morgan fingerprint density at radius 1 is 1.04 bits per heavy atom. The Balaban J connectivity index is 0.00000392. The van der Waals surface area contributed by atoms with E-state index in [-0.39, 0.29) is 24.0 Å². The molecule has 0 aliphatic rings. The topological polar surface area (TPSA) is 81.6 Å². The predicted octanol–water partition coefficient (Wildman–Crippen LogP) is 3.35. The van der Waals surface area contributed by atoms with Gasteiger partial charge in [0.05, 0.1) is 6.54 Å². The van der Waals surface area contributed by atoms with Crippen LogP contribution in [0.15, 0.2) is 59.7 Å². The van der Waals surface area contributed by atoms with Crippen molar-refractivity contribution in [3.8, 4) is 0 Å². The lowest BCUT2D eigenvalue weighted by Gasteiger charge is -2.22. The molecule has 1 aromatic heterocycles. The Hall–Kier alpha value is -1.87. The highest BCUT2D eigenvalue weighted by atomic mass is 127. The van der Waals surface area contributed by atoms with Crippen molar-refractivity contribution < 1.29 is 5.11 Å². The third-order valence-electron chi connectivity index (χ3n) is 4.15. The fraction of sp³-hybridized carbons (Fsp3) is 0.429. The Kier molecular flexibility index (Phi) is 11.5. The molecule has 1 aromatic carbocycles. The molecule has 0 radical (unpaired) electrons. The molecule has 2 rings (SSSR count). The molecule has 0 aliphatic carbocycles. The third-order valence-corrected chi connectivity index (χ3v) is 4.15. The van der Waals surface area contributed by atoms with E-state index in [0.717, 1.165) is 49.8 Å². The molecule has 6 nitrogen and oxygen atoms in total. The van der Waals surface area contributed by atoms with Gasteiger partial charge >= 0.3 is 0 Å². The van der Waals surface area contributed by atoms with E-state index in [2.05, 4.69) is 25.9 Å². The minimum atomic E-state index is -0.990. The average molecular weight is 497 g/mol. The van der Waals surface area contributed by atoms with Crippen molar-refractivity contribution in [3.63, 3.8) is 0 Å². The van der Waals surface area contributed by atoms with Crippen LogP contribution in [-0.2, 0) is 5.60 Å². The zero-order valence-electron chi connectivity index (χ0n) is 16.7. The van der Waals surface area contributed by atoms with Gasteiger partial charge < -0.3 is 21.1 Å². The van der Waals surface area contributed by atoms with Crippen LogP contribution >= 0.6 is 24.0 Å². The highest BCUT2D eigenvalue weighted by molar-refractivity contribution is 14.0. The summed E-state index contributed by atoms with van der Waals surface area (Å²) in [5, 5.41) is 20.5. The monoisotopic (exact) mass is 497 g/mol. The number of guanidine groups is 1. The van der Waals surface area contributed by atoms with E-state index in [1.165, 1.54) is 0 Å². The lowest BCUT2D eigenvalue weighted by Crippen LogP contribution is -2.39. The van der Waals surface area contributed by atoms with E-state index in [9.17, 15) is 5.11 Å². The van der Waals surface area contributed by atoms with E-state index >= 15 is 0 Å². The fourth-order valence-corrected chi connectivity index (χ4v) is 2.60. The minimum absolute atomic E-state index is 0. The summed E-state index contributed by atoms with van der Waals surface area (Å²) in [5.74, 6) is 1.63. The van der Waals surface area contributed by atoms with Gasteiger partial charge in [0.1, 0.15) is 11.4 Å². The highest BCUT2D eigenvalue weighted by Gasteiger charge is 2.22. The maximum absolute atomic E-state index is 10.7. The molecule has 1 heterocycles. The summed E-state index contributed by atoms with van der Waals surface area (Å²) in [6.07, 6.45) is 3.83. The summed E-state index contributed by atoms with van der Waals surface area (Å²) in [5.41, 5.74) is -0.124. The fourth-order valence-electron chi connectivity index (χ4n) is 2.60. The zero-order valence-corrected chi connectivity index (χ0v) is 19.0. The first-order chi connectivity index (χ1) is 13.1. The maximum atomic E-state index is 10.7. The van der Waals surface area contributed by atoms with Crippen LogP contribution in [0.3, 0.4) is 0 Å². The molecular formula is C21H32IN5O. The number of hydrogen-bond donors (Lipinski definition) is 4. The largest absolute Gasteiger partial charge is 0.384 e. The summed E-state index contributed by atoms with van der Waals surface area (Å²) >= 11 is 0. The summed E-state index contributed by atoms with van der Waals surface area (Å²) in [6.45, 7) is 6.61. The van der Waals surface area contributed by atoms with Crippen molar-refractivity contribution in [1.29, 1.82) is 0 Å². The van der Waals surface area contributed by atoms with Gasteiger partial charge in [-0.25, -0.2) is 9.98 Å². The smallest absolute Gasteiger partial charge is 0.191 e. The van der Waals surface area contributed by atoms with Gasteiger partial charge in [-0.3, -0.25) is 0 Å². The second kappa shape index (κ2) is 13.3. The lowest BCUT2D eigenvalue weighted by molar-refractivity contribution is 0.0672. The van der Waals surface area contributed by atoms with Gasteiger partial charge in [0.25, 0.3) is 0 Å². The molecule has 0 fully saturated rings. The predicted molar refractivity (Wildman–Crippen MR) is 127 cm³/mol. The Morgan fingerprint density at radius 3 is 2.43 bits per heavy atom. The van der Waals surface area contributed by atoms with E-state index < -0.39 is 5.60 Å². The molecule has 0 amide bonds. The van der Waals surface area contributed by atoms with Gasteiger partial charge in [-0.05, 0) is 44.4 Å². The van der Waals surface area contributed by atoms with Crippen molar-refractivity contribution in [3.05, 3.63) is 60.3 Å². The number of aromatic nitrogens is 1. The summed E-state index contributed by atoms with van der Waals surface area (Å²) < 4.78 is 0. The van der Waals surface area contributed by atoms with E-state index in [1.54, 1.807) is 13.1 Å². The van der Waals surface area contributed by atoms with Crippen molar-refractivity contribution in [2.75, 3.05) is 31.5 Å². The summed E-state index contributed by atoms with van der Waals surface area (Å²) in [6, 6.07) is 15.5. The van der Waals surface area contributed by atoms with Crippen LogP contribution in [0.25, 0.3) is 0 Å². The molecule has 0 aliphatic heterocycles. The Morgan fingerprint density at radius 2 is 1.75 bits per heavy atom. The number of nitrogens with zero attached hydrogens (tertiary/aromatic N) is 2. The standard InChI is InChI=1S/C21H31N5O.HI/c1-3-22-20(26-17-21(2,27)18-11-5-4-6-12-18)25-16-10-9-15-24-19-13-7-8-14-23-19;/h4-8,11-14,27H,3,9-10,15-17H2,1-2H3,(H,23,24)(H2,22,25,26);1H. The molecule has 0 spiro atoms. The number of aliphatic imine (C=N–C) groups is 1. The first kappa shape index (κ1) is 24.2. The van der Waals surface area contributed by atoms with Crippen LogP contribution in [0.1, 0.15) is 32.3 Å². The van der Waals surface area contributed by atoms with Crippen LogP contribution in [0.5, 0.6) is 0 Å². The Bertz CT molecular complexity index is 680. The quantitative estimate of drug-likeness (QED) is 0.175. The highest BCUT2D eigenvalue weighted by Crippen LogP contribution is 2.20. The minimum Gasteiger partial charge on any atom is -0.384 e. The number of benzene rings is 1. The van der Waals surface area contributed by atoms with Gasteiger partial charge in [0.2, 0.25) is 0 Å². The molecule has 0 saturated carbocycles. The average Bonchev–Trinajstić information content (AvgIpc) is 2.70. The van der Waals surface area contributed by atoms with Gasteiger partial charge in [0.15, 0.2) is 5.96 Å². The zero-order chi connectivity index (χ0) is 19.4. The molecule has 154 valence electrons. The molecule has 0 saturated heterocycles. The number of anilines is 1. The van der Waals surface area contributed by atoms with Crippen molar-refractivity contribution in [2.24, 2.45) is 4.99 Å². The van der Waals surface area contributed by atoms with Gasteiger partial charge in [-0.1, -0.05) is 36.4 Å². The number of nitrogens with one attached hydrogen (secondary N) is 3. The van der Waals surface area contributed by atoms with Crippen LogP contribution < -0.4 is 16.0 Å². The lowest BCUT2D eigenvalue weighted by atomic mass is 9.96. The second-order valence-corrected chi connectivity index (χ2v) is 6.61. The summed E-state index contributed by atoms with van der Waals surface area (Å²) in [7, 11) is 0. The van der Waals surface area contributed by atoms with Crippen molar-refractivity contribution >= 4 is 35.8 Å². The number of unbranched alkanes of at least 4 members (excludes halogenated alkanes) is 1. The summed E-state index contributed by atoms with van der Waals surface area (Å²) in [4.78, 5) is 8.79. The maximum Gasteiger partial charge on any atom is 0.191 e. The molecule has 7 heteroatoms. The van der Waals surface area contributed by atoms with Crippen LogP contribution in [-0.4, -0.2) is 42.2 Å². The first-order valence-electron chi connectivity index (χ1n) is 9.57. The van der Waals surface area contributed by atoms with Crippen molar-refractivity contribution in [1.82, 2.24) is 15.6 Å². The number of rotatable bonds is 10. The number of halogens is 1. The van der Waals surface area contributed by atoms with Crippen LogP contribution in [0.4, 0.5) is 5.82 Å². The molecule has 4 N–H and O–H groups in total. The Labute approximate surface area is 185 Å². The normalized spacial score (nSPS) is 13.2. The molecule has 0 bridgehead atoms. The second-order valence-electron chi connectivity index (χ2n) is 6.61. The molecule has 1 unspecified atom stereocenters. The van der Waals surface area contributed by atoms with Gasteiger partial charge in [-0.2, -0.15) is 0 Å². The molecular weight excluding hydrogens is 465 g/mol. The van der Waals surface area contributed by atoms with E-state index in [1.807, 2.05) is 55.5 Å². The number of aliphatic hydroxyl groups is 1.